The first-order chi connectivity index (χ1) is 8.08. The van der Waals surface area contributed by atoms with Crippen LogP contribution in [0.2, 0.25) is 5.02 Å². The fourth-order valence-electron chi connectivity index (χ4n) is 1.54. The van der Waals surface area contributed by atoms with Gasteiger partial charge in [0.2, 0.25) is 0 Å². The van der Waals surface area contributed by atoms with Crippen molar-refractivity contribution in [1.29, 1.82) is 5.26 Å². The van der Waals surface area contributed by atoms with E-state index in [0.717, 1.165) is 12.1 Å². The van der Waals surface area contributed by atoms with Gasteiger partial charge in [0.25, 0.3) is 0 Å². The van der Waals surface area contributed by atoms with Crippen LogP contribution in [0.1, 0.15) is 18.1 Å². The molecule has 1 rings (SSSR count). The monoisotopic (exact) mass is 252 g/mol. The third-order valence-corrected chi connectivity index (χ3v) is 3.11. The molecule has 0 bridgehead atoms. The van der Waals surface area contributed by atoms with Gasteiger partial charge < -0.3 is 4.74 Å². The zero-order chi connectivity index (χ0) is 12.8. The Morgan fingerprint density at radius 3 is 2.76 bits per heavy atom. The van der Waals surface area contributed by atoms with E-state index in [-0.39, 0.29) is 0 Å². The van der Waals surface area contributed by atoms with E-state index in [1.54, 1.807) is 19.2 Å². The lowest BCUT2D eigenvalue weighted by Gasteiger charge is -2.24. The minimum absolute atomic E-state index is 0.326. The van der Waals surface area contributed by atoms with Crippen molar-refractivity contribution >= 4 is 11.6 Å². The molecule has 0 N–H and O–H groups in total. The molecule has 1 aromatic rings. The van der Waals surface area contributed by atoms with Crippen molar-refractivity contribution in [2.75, 3.05) is 20.8 Å². The maximum absolute atomic E-state index is 8.76. The highest BCUT2D eigenvalue weighted by Gasteiger charge is 2.11. The SMILES string of the molecule is COCC(C)N(C)Cc1ccc(C#N)cc1Cl. The van der Waals surface area contributed by atoms with Gasteiger partial charge in [-0.2, -0.15) is 5.26 Å². The topological polar surface area (TPSA) is 36.3 Å². The van der Waals surface area contributed by atoms with Gasteiger partial charge >= 0.3 is 0 Å². The molecule has 0 saturated heterocycles. The van der Waals surface area contributed by atoms with Crippen LogP contribution in [0.25, 0.3) is 0 Å². The molecule has 3 nitrogen and oxygen atoms in total. The van der Waals surface area contributed by atoms with Gasteiger partial charge in [0.15, 0.2) is 0 Å². The van der Waals surface area contributed by atoms with Gasteiger partial charge in [-0.15, -0.1) is 0 Å². The van der Waals surface area contributed by atoms with E-state index < -0.39 is 0 Å². The Bertz CT molecular complexity index is 414. The molecule has 0 aliphatic heterocycles. The van der Waals surface area contributed by atoms with Gasteiger partial charge in [-0.1, -0.05) is 17.7 Å². The third kappa shape index (κ3) is 4.01. The first-order valence-electron chi connectivity index (χ1n) is 5.46. The van der Waals surface area contributed by atoms with Gasteiger partial charge in [0, 0.05) is 24.7 Å². The van der Waals surface area contributed by atoms with Crippen LogP contribution in [-0.4, -0.2) is 31.7 Å². The van der Waals surface area contributed by atoms with Crippen molar-refractivity contribution in [3.63, 3.8) is 0 Å². The summed E-state index contributed by atoms with van der Waals surface area (Å²) in [4.78, 5) is 2.16. The fraction of sp³-hybridized carbons (Fsp3) is 0.462. The van der Waals surface area contributed by atoms with Crippen LogP contribution in [0.3, 0.4) is 0 Å². The van der Waals surface area contributed by atoms with E-state index in [9.17, 15) is 0 Å². The average molecular weight is 253 g/mol. The molecular formula is C13H17ClN2O. The van der Waals surface area contributed by atoms with Gasteiger partial charge in [0.1, 0.15) is 0 Å². The van der Waals surface area contributed by atoms with Crippen molar-refractivity contribution in [2.45, 2.75) is 19.5 Å². The van der Waals surface area contributed by atoms with Crippen LogP contribution in [0.5, 0.6) is 0 Å². The van der Waals surface area contributed by atoms with Gasteiger partial charge in [-0.05, 0) is 31.7 Å². The Hall–Kier alpha value is -1.08. The highest BCUT2D eigenvalue weighted by Crippen LogP contribution is 2.19. The first-order valence-corrected chi connectivity index (χ1v) is 5.84. The van der Waals surface area contributed by atoms with Crippen molar-refractivity contribution in [3.05, 3.63) is 34.3 Å². The summed E-state index contributed by atoms with van der Waals surface area (Å²) in [6.45, 7) is 3.53. The summed E-state index contributed by atoms with van der Waals surface area (Å²) >= 11 is 6.12. The van der Waals surface area contributed by atoms with E-state index in [1.807, 2.05) is 13.1 Å². The van der Waals surface area contributed by atoms with E-state index in [1.165, 1.54) is 0 Å². The van der Waals surface area contributed by atoms with Crippen LogP contribution in [0.4, 0.5) is 0 Å². The summed E-state index contributed by atoms with van der Waals surface area (Å²) in [6, 6.07) is 7.79. The molecule has 0 fully saturated rings. The fourth-order valence-corrected chi connectivity index (χ4v) is 1.78. The third-order valence-electron chi connectivity index (χ3n) is 2.76. The molecule has 0 spiro atoms. The first kappa shape index (κ1) is 14.0. The van der Waals surface area contributed by atoms with Crippen molar-refractivity contribution in [1.82, 2.24) is 4.90 Å². The van der Waals surface area contributed by atoms with Crippen LogP contribution in [0.15, 0.2) is 18.2 Å². The summed E-state index contributed by atoms with van der Waals surface area (Å²) in [5.41, 5.74) is 1.61. The molecule has 0 radical (unpaired) electrons. The highest BCUT2D eigenvalue weighted by atomic mass is 35.5. The molecule has 92 valence electrons. The number of rotatable bonds is 5. The molecular weight excluding hydrogens is 236 g/mol. The Morgan fingerprint density at radius 2 is 2.24 bits per heavy atom. The van der Waals surface area contributed by atoms with E-state index in [4.69, 9.17) is 21.6 Å². The molecule has 0 aromatic heterocycles. The second kappa shape index (κ2) is 6.61. The Labute approximate surface area is 108 Å². The summed E-state index contributed by atoms with van der Waals surface area (Å²) in [5.74, 6) is 0. The average Bonchev–Trinajstić information content (AvgIpc) is 2.31. The number of hydrogen-bond acceptors (Lipinski definition) is 3. The lowest BCUT2D eigenvalue weighted by molar-refractivity contribution is 0.112. The highest BCUT2D eigenvalue weighted by molar-refractivity contribution is 6.31. The summed E-state index contributed by atoms with van der Waals surface area (Å²) in [7, 11) is 3.72. The van der Waals surface area contributed by atoms with Crippen molar-refractivity contribution in [2.24, 2.45) is 0 Å². The molecule has 0 saturated carbocycles. The zero-order valence-corrected chi connectivity index (χ0v) is 11.2. The zero-order valence-electron chi connectivity index (χ0n) is 10.4. The normalized spacial score (nSPS) is 12.5. The maximum Gasteiger partial charge on any atom is 0.0992 e. The molecule has 1 aromatic carbocycles. The van der Waals surface area contributed by atoms with Crippen LogP contribution in [0, 0.1) is 11.3 Å². The Morgan fingerprint density at radius 1 is 1.53 bits per heavy atom. The number of nitrogens with zero attached hydrogens (tertiary/aromatic N) is 2. The van der Waals surface area contributed by atoms with E-state index in [2.05, 4.69) is 17.9 Å². The quantitative estimate of drug-likeness (QED) is 0.808. The number of benzene rings is 1. The number of halogens is 1. The maximum atomic E-state index is 8.76. The summed E-state index contributed by atoms with van der Waals surface area (Å²) in [5, 5.41) is 9.40. The standard InChI is InChI=1S/C13H17ClN2O/c1-10(9-17-3)16(2)8-12-5-4-11(7-15)6-13(12)14/h4-6,10H,8-9H2,1-3H3. The molecule has 17 heavy (non-hydrogen) atoms. The lowest BCUT2D eigenvalue weighted by Crippen LogP contribution is -2.32. The largest absolute Gasteiger partial charge is 0.383 e. The number of likely N-dealkylation sites (N-methyl/N-ethyl adjacent to an activating group) is 1. The minimum Gasteiger partial charge on any atom is -0.383 e. The minimum atomic E-state index is 0.326. The second-order valence-electron chi connectivity index (χ2n) is 4.14. The predicted octanol–water partition coefficient (Wildman–Crippen LogP) is 2.68. The van der Waals surface area contributed by atoms with Crippen molar-refractivity contribution in [3.8, 4) is 6.07 Å². The Kier molecular flexibility index (Phi) is 5.43. The molecule has 0 amide bonds. The molecule has 0 aliphatic rings. The van der Waals surface area contributed by atoms with Crippen LogP contribution >= 0.6 is 11.6 Å². The summed E-state index contributed by atoms with van der Waals surface area (Å²) in [6.07, 6.45) is 0. The molecule has 1 atom stereocenters. The molecule has 0 heterocycles. The number of ether oxygens (including phenoxy) is 1. The van der Waals surface area contributed by atoms with Crippen LogP contribution in [-0.2, 0) is 11.3 Å². The molecule has 4 heteroatoms. The van der Waals surface area contributed by atoms with Crippen molar-refractivity contribution < 1.29 is 4.74 Å². The van der Waals surface area contributed by atoms with Crippen LogP contribution < -0.4 is 0 Å². The Balaban J connectivity index is 2.72. The molecule has 1 unspecified atom stereocenters. The number of methoxy groups -OCH3 is 1. The van der Waals surface area contributed by atoms with Gasteiger partial charge in [0.05, 0.1) is 18.2 Å². The molecule has 0 aliphatic carbocycles. The van der Waals surface area contributed by atoms with E-state index in [0.29, 0.717) is 23.2 Å². The lowest BCUT2D eigenvalue weighted by atomic mass is 10.1. The summed E-state index contributed by atoms with van der Waals surface area (Å²) < 4.78 is 5.11. The number of nitriles is 1. The smallest absolute Gasteiger partial charge is 0.0992 e. The van der Waals surface area contributed by atoms with E-state index >= 15 is 0 Å². The predicted molar refractivity (Wildman–Crippen MR) is 69.0 cm³/mol. The van der Waals surface area contributed by atoms with Gasteiger partial charge in [-0.3, -0.25) is 4.90 Å². The number of hydrogen-bond donors (Lipinski definition) is 0. The van der Waals surface area contributed by atoms with Gasteiger partial charge in [-0.25, -0.2) is 0 Å². The second-order valence-corrected chi connectivity index (χ2v) is 4.54.